The predicted octanol–water partition coefficient (Wildman–Crippen LogP) is 11.4. The molecule has 0 N–H and O–H groups in total. The molecule has 1 rings (SSSR count). The minimum Gasteiger partial charge on any atom is -0.457 e. The molecule has 0 radical (unpaired) electrons. The molecule has 0 aromatic rings. The highest BCUT2D eigenvalue weighted by atomic mass is 16.6. The smallest absolute Gasteiger partial charge is 0.306 e. The van der Waals surface area contributed by atoms with Crippen LogP contribution in [0.5, 0.6) is 0 Å². The largest absolute Gasteiger partial charge is 0.457 e. The monoisotopic (exact) mass is 642 g/mol. The molecular formula is C41H71NO4. The summed E-state index contributed by atoms with van der Waals surface area (Å²) in [6.07, 6.45) is 44.0. The first-order chi connectivity index (χ1) is 22.6. The second-order valence-electron chi connectivity index (χ2n) is 13.2. The lowest BCUT2D eigenvalue weighted by Gasteiger charge is -2.19. The van der Waals surface area contributed by atoms with Crippen LogP contribution in [0.3, 0.4) is 0 Å². The van der Waals surface area contributed by atoms with Gasteiger partial charge in [0.15, 0.2) is 12.2 Å². The summed E-state index contributed by atoms with van der Waals surface area (Å²) in [5, 5.41) is 0. The molecule has 0 bridgehead atoms. The third-order valence-corrected chi connectivity index (χ3v) is 8.63. The van der Waals surface area contributed by atoms with E-state index >= 15 is 0 Å². The maximum absolute atomic E-state index is 12.5. The summed E-state index contributed by atoms with van der Waals surface area (Å²) in [5.41, 5.74) is 0. The number of hydrogen-bond donors (Lipinski definition) is 0. The number of carbonyl (C=O) groups is 2. The molecule has 0 saturated carbocycles. The minimum absolute atomic E-state index is 0.166. The highest BCUT2D eigenvalue weighted by Gasteiger charge is 2.36. The summed E-state index contributed by atoms with van der Waals surface area (Å²) in [4.78, 5) is 27.1. The molecule has 5 heteroatoms. The second-order valence-corrected chi connectivity index (χ2v) is 13.2. The van der Waals surface area contributed by atoms with E-state index in [0.29, 0.717) is 25.9 Å². The lowest BCUT2D eigenvalue weighted by atomic mass is 10.1. The fraction of sp³-hybridized carbons (Fsp3) is 0.756. The van der Waals surface area contributed by atoms with Crippen LogP contribution < -0.4 is 0 Å². The predicted molar refractivity (Wildman–Crippen MR) is 196 cm³/mol. The molecule has 1 fully saturated rings. The van der Waals surface area contributed by atoms with Gasteiger partial charge in [-0.25, -0.2) is 0 Å². The van der Waals surface area contributed by atoms with Crippen molar-refractivity contribution in [2.75, 3.05) is 20.1 Å². The van der Waals surface area contributed by atoms with Crippen LogP contribution in [0.15, 0.2) is 48.6 Å². The second kappa shape index (κ2) is 31.5. The van der Waals surface area contributed by atoms with Gasteiger partial charge >= 0.3 is 11.9 Å². The van der Waals surface area contributed by atoms with Crippen LogP contribution in [-0.2, 0) is 19.1 Å². The standard InChI is InChI=1S/C41H71NO4/c1-4-6-8-10-12-14-16-18-20-22-24-26-28-30-32-34-40(43)45-38-36-42(3)37-39(38)46-41(44)35-33-31-29-27-25-23-21-19-17-15-13-11-9-7-5-2/h12-15,18-21,38-39H,4-11,16-17,22-37H2,1-3H3. The van der Waals surface area contributed by atoms with E-state index in [-0.39, 0.29) is 24.1 Å². The van der Waals surface area contributed by atoms with E-state index in [2.05, 4.69) is 67.4 Å². The molecule has 46 heavy (non-hydrogen) atoms. The fourth-order valence-corrected chi connectivity index (χ4v) is 5.77. The van der Waals surface area contributed by atoms with Crippen LogP contribution in [0, 0.1) is 0 Å². The topological polar surface area (TPSA) is 55.8 Å². The van der Waals surface area contributed by atoms with Crippen molar-refractivity contribution >= 4 is 11.9 Å². The molecule has 1 saturated heterocycles. The Morgan fingerprint density at radius 1 is 0.500 bits per heavy atom. The Morgan fingerprint density at radius 2 is 0.826 bits per heavy atom. The number of allylic oxidation sites excluding steroid dienone is 8. The van der Waals surface area contributed by atoms with E-state index < -0.39 is 0 Å². The van der Waals surface area contributed by atoms with Crippen molar-refractivity contribution in [1.29, 1.82) is 0 Å². The minimum atomic E-state index is -0.357. The van der Waals surface area contributed by atoms with E-state index in [0.717, 1.165) is 64.2 Å². The summed E-state index contributed by atoms with van der Waals surface area (Å²) in [6, 6.07) is 0. The van der Waals surface area contributed by atoms with Crippen molar-refractivity contribution in [3.8, 4) is 0 Å². The van der Waals surface area contributed by atoms with Crippen molar-refractivity contribution in [3.63, 3.8) is 0 Å². The quantitative estimate of drug-likeness (QED) is 0.0444. The summed E-state index contributed by atoms with van der Waals surface area (Å²) < 4.78 is 11.5. The number of carbonyl (C=O) groups excluding carboxylic acids is 2. The van der Waals surface area contributed by atoms with Crippen molar-refractivity contribution in [2.45, 2.75) is 180 Å². The van der Waals surface area contributed by atoms with Gasteiger partial charge in [-0.2, -0.15) is 0 Å². The third kappa shape index (κ3) is 26.0. The van der Waals surface area contributed by atoms with Crippen LogP contribution >= 0.6 is 0 Å². The van der Waals surface area contributed by atoms with Gasteiger partial charge in [-0.15, -0.1) is 0 Å². The van der Waals surface area contributed by atoms with Crippen molar-refractivity contribution in [1.82, 2.24) is 4.90 Å². The molecule has 1 aliphatic heterocycles. The van der Waals surface area contributed by atoms with Crippen LogP contribution in [0.4, 0.5) is 0 Å². The Morgan fingerprint density at radius 3 is 1.20 bits per heavy atom. The van der Waals surface area contributed by atoms with Gasteiger partial charge in [0.1, 0.15) is 0 Å². The summed E-state index contributed by atoms with van der Waals surface area (Å²) in [6.45, 7) is 5.73. The first-order valence-electron chi connectivity index (χ1n) is 19.2. The maximum Gasteiger partial charge on any atom is 0.306 e. The lowest BCUT2D eigenvalue weighted by molar-refractivity contribution is -0.164. The first kappa shape index (κ1) is 41.9. The highest BCUT2D eigenvalue weighted by molar-refractivity contribution is 5.70. The number of esters is 2. The van der Waals surface area contributed by atoms with Crippen LogP contribution in [0.25, 0.3) is 0 Å². The van der Waals surface area contributed by atoms with E-state index in [1.807, 2.05) is 7.05 Å². The zero-order valence-electron chi connectivity index (χ0n) is 30.2. The Kier molecular flexibility index (Phi) is 28.6. The number of likely N-dealkylation sites (tertiary alicyclic amines) is 1. The normalized spacial score (nSPS) is 17.4. The van der Waals surface area contributed by atoms with Gasteiger partial charge in [0, 0.05) is 25.9 Å². The molecule has 0 aromatic heterocycles. The third-order valence-electron chi connectivity index (χ3n) is 8.63. The van der Waals surface area contributed by atoms with Crippen molar-refractivity contribution < 1.29 is 19.1 Å². The SMILES string of the molecule is CCCCCC=CCC=CCCCCCCCC(=O)OC1CN(C)CC1OC(=O)CCCCCCCC=CCC=CCCCCC. The van der Waals surface area contributed by atoms with Gasteiger partial charge in [0.25, 0.3) is 0 Å². The number of unbranched alkanes of at least 4 members (excludes halogenated alkanes) is 16. The summed E-state index contributed by atoms with van der Waals surface area (Å²) >= 11 is 0. The van der Waals surface area contributed by atoms with Crippen LogP contribution in [0.2, 0.25) is 0 Å². The molecule has 5 nitrogen and oxygen atoms in total. The Hall–Kier alpha value is -2.14. The van der Waals surface area contributed by atoms with E-state index in [4.69, 9.17) is 9.47 Å². The van der Waals surface area contributed by atoms with Crippen LogP contribution in [0.1, 0.15) is 168 Å². The molecule has 2 unspecified atom stereocenters. The number of ether oxygens (including phenoxy) is 2. The fourth-order valence-electron chi connectivity index (χ4n) is 5.77. The molecule has 0 aliphatic carbocycles. The molecule has 2 atom stereocenters. The maximum atomic E-state index is 12.5. The van der Waals surface area contributed by atoms with Gasteiger partial charge in [-0.05, 0) is 84.1 Å². The Bertz CT molecular complexity index is 777. The van der Waals surface area contributed by atoms with Gasteiger partial charge in [0.2, 0.25) is 0 Å². The van der Waals surface area contributed by atoms with E-state index in [1.165, 1.54) is 77.0 Å². The summed E-state index contributed by atoms with van der Waals surface area (Å²) in [5.74, 6) is -0.332. The summed E-state index contributed by atoms with van der Waals surface area (Å²) in [7, 11) is 1.98. The van der Waals surface area contributed by atoms with E-state index in [1.54, 1.807) is 0 Å². The molecule has 0 amide bonds. The van der Waals surface area contributed by atoms with Crippen LogP contribution in [-0.4, -0.2) is 49.2 Å². The van der Waals surface area contributed by atoms with Gasteiger partial charge in [-0.3, -0.25) is 14.5 Å². The number of hydrogen-bond acceptors (Lipinski definition) is 5. The van der Waals surface area contributed by atoms with Crippen molar-refractivity contribution in [2.24, 2.45) is 0 Å². The van der Waals surface area contributed by atoms with Gasteiger partial charge in [-0.1, -0.05) is 127 Å². The molecular weight excluding hydrogens is 570 g/mol. The number of rotatable bonds is 30. The molecule has 1 heterocycles. The molecule has 264 valence electrons. The first-order valence-corrected chi connectivity index (χ1v) is 19.2. The zero-order chi connectivity index (χ0) is 33.3. The van der Waals surface area contributed by atoms with Crippen molar-refractivity contribution in [3.05, 3.63) is 48.6 Å². The molecule has 1 aliphatic rings. The number of nitrogens with zero attached hydrogens (tertiary/aromatic N) is 1. The Labute approximate surface area is 284 Å². The average molecular weight is 642 g/mol. The number of likely N-dealkylation sites (N-methyl/N-ethyl adjacent to an activating group) is 1. The Balaban J connectivity index is 2.04. The molecule has 0 aromatic carbocycles. The zero-order valence-corrected chi connectivity index (χ0v) is 30.2. The lowest BCUT2D eigenvalue weighted by Crippen LogP contribution is -2.33. The highest BCUT2D eigenvalue weighted by Crippen LogP contribution is 2.19. The molecule has 0 spiro atoms. The van der Waals surface area contributed by atoms with Gasteiger partial charge < -0.3 is 9.47 Å². The van der Waals surface area contributed by atoms with E-state index in [9.17, 15) is 9.59 Å². The average Bonchev–Trinajstić information content (AvgIpc) is 3.38. The van der Waals surface area contributed by atoms with Gasteiger partial charge in [0.05, 0.1) is 0 Å².